The van der Waals surface area contributed by atoms with Gasteiger partial charge in [-0.3, -0.25) is 4.79 Å². The van der Waals surface area contributed by atoms with Gasteiger partial charge in [-0.25, -0.2) is 0 Å². The second-order valence-electron chi connectivity index (χ2n) is 3.03. The van der Waals surface area contributed by atoms with E-state index < -0.39 is 0 Å². The summed E-state index contributed by atoms with van der Waals surface area (Å²) in [5.41, 5.74) is 0.934. The first kappa shape index (κ1) is 10.3. The fourth-order valence-electron chi connectivity index (χ4n) is 1.17. The first-order valence-electron chi connectivity index (χ1n) is 4.43. The Balaban J connectivity index is 2.65. The summed E-state index contributed by atoms with van der Waals surface area (Å²) in [6, 6.07) is 11.6. The summed E-state index contributed by atoms with van der Waals surface area (Å²) < 4.78 is 0. The van der Waals surface area contributed by atoms with Crippen LogP contribution in [0.2, 0.25) is 0 Å². The van der Waals surface area contributed by atoms with Crippen molar-refractivity contribution in [3.63, 3.8) is 0 Å². The van der Waals surface area contributed by atoms with Gasteiger partial charge in [0.05, 0.1) is 12.0 Å². The number of hydrogen-bond acceptors (Lipinski definition) is 2. The van der Waals surface area contributed by atoms with Crippen LogP contribution in [0, 0.1) is 11.3 Å². The van der Waals surface area contributed by atoms with Crippen LogP contribution in [-0.4, -0.2) is 12.5 Å². The Bertz CT molecular complexity index is 340. The minimum atomic E-state index is -0.264. The summed E-state index contributed by atoms with van der Waals surface area (Å²) in [5, 5.41) is 11.5. The molecule has 0 heterocycles. The molecular weight excluding hydrogens is 176 g/mol. The molecule has 1 aromatic rings. The summed E-state index contributed by atoms with van der Waals surface area (Å²) in [6.45, 7) is 1.81. The summed E-state index contributed by atoms with van der Waals surface area (Å²) in [4.78, 5) is 10.7. The first-order valence-corrected chi connectivity index (χ1v) is 4.43. The van der Waals surface area contributed by atoms with Gasteiger partial charge >= 0.3 is 0 Å². The minimum absolute atomic E-state index is 0.110. The number of amides is 1. The lowest BCUT2D eigenvalue weighted by Gasteiger charge is -2.09. The zero-order chi connectivity index (χ0) is 10.4. The lowest BCUT2D eigenvalue weighted by atomic mass is 10.0. The van der Waals surface area contributed by atoms with E-state index in [9.17, 15) is 4.79 Å². The highest BCUT2D eigenvalue weighted by Gasteiger charge is 2.09. The molecule has 0 fully saturated rings. The highest BCUT2D eigenvalue weighted by Crippen LogP contribution is 2.12. The van der Waals surface area contributed by atoms with Gasteiger partial charge in [0.15, 0.2) is 0 Å². The number of benzene rings is 1. The van der Waals surface area contributed by atoms with Gasteiger partial charge < -0.3 is 5.32 Å². The van der Waals surface area contributed by atoms with Gasteiger partial charge in [0.1, 0.15) is 0 Å². The van der Waals surface area contributed by atoms with E-state index in [1.165, 1.54) is 6.92 Å². The largest absolute Gasteiger partial charge is 0.355 e. The number of nitrogens with zero attached hydrogens (tertiary/aromatic N) is 1. The van der Waals surface area contributed by atoms with Crippen LogP contribution in [0.3, 0.4) is 0 Å². The van der Waals surface area contributed by atoms with E-state index in [0.717, 1.165) is 5.56 Å². The number of carbonyl (C=O) groups is 1. The topological polar surface area (TPSA) is 52.9 Å². The molecule has 0 aliphatic rings. The fraction of sp³-hybridized carbons (Fsp3) is 0.273. The molecule has 0 aliphatic carbocycles. The molecular formula is C11H12N2O. The number of nitrogens with one attached hydrogen (secondary N) is 1. The van der Waals surface area contributed by atoms with Crippen molar-refractivity contribution in [3.05, 3.63) is 35.9 Å². The molecule has 0 aromatic heterocycles. The standard InChI is InChI=1S/C11H12N2O/c1-9(14)13-8-11(7-12)10-5-3-2-4-6-10/h2-6,11H,8H2,1H3,(H,13,14). The third kappa shape index (κ3) is 2.91. The second-order valence-corrected chi connectivity index (χ2v) is 3.03. The average Bonchev–Trinajstić information content (AvgIpc) is 2.20. The van der Waals surface area contributed by atoms with Crippen molar-refractivity contribution in [3.8, 4) is 6.07 Å². The van der Waals surface area contributed by atoms with Crippen LogP contribution in [0.5, 0.6) is 0 Å². The fourth-order valence-corrected chi connectivity index (χ4v) is 1.17. The Morgan fingerprint density at radius 1 is 1.50 bits per heavy atom. The molecule has 14 heavy (non-hydrogen) atoms. The van der Waals surface area contributed by atoms with Crippen LogP contribution in [0.1, 0.15) is 18.4 Å². The molecule has 0 spiro atoms. The van der Waals surface area contributed by atoms with Crippen LogP contribution in [0.15, 0.2) is 30.3 Å². The maximum absolute atomic E-state index is 10.7. The highest BCUT2D eigenvalue weighted by atomic mass is 16.1. The van der Waals surface area contributed by atoms with Gasteiger partial charge in [-0.15, -0.1) is 0 Å². The Hall–Kier alpha value is -1.82. The first-order chi connectivity index (χ1) is 6.74. The maximum Gasteiger partial charge on any atom is 0.216 e. The third-order valence-electron chi connectivity index (χ3n) is 1.91. The van der Waals surface area contributed by atoms with Crippen molar-refractivity contribution in [2.75, 3.05) is 6.54 Å². The number of hydrogen-bond donors (Lipinski definition) is 1. The molecule has 72 valence electrons. The molecule has 1 atom stereocenters. The van der Waals surface area contributed by atoms with Crippen LogP contribution in [-0.2, 0) is 4.79 Å². The number of carbonyl (C=O) groups excluding carboxylic acids is 1. The van der Waals surface area contributed by atoms with Crippen molar-refractivity contribution in [2.45, 2.75) is 12.8 Å². The van der Waals surface area contributed by atoms with Gasteiger partial charge in [0, 0.05) is 13.5 Å². The van der Waals surface area contributed by atoms with E-state index >= 15 is 0 Å². The third-order valence-corrected chi connectivity index (χ3v) is 1.91. The molecule has 1 amide bonds. The molecule has 1 N–H and O–H groups in total. The number of rotatable bonds is 3. The van der Waals surface area contributed by atoms with Crippen LogP contribution < -0.4 is 5.32 Å². The van der Waals surface area contributed by atoms with E-state index in [2.05, 4.69) is 11.4 Å². The van der Waals surface area contributed by atoms with Gasteiger partial charge in [-0.2, -0.15) is 5.26 Å². The molecule has 0 bridgehead atoms. The summed E-state index contributed by atoms with van der Waals surface area (Å²) in [6.07, 6.45) is 0. The van der Waals surface area contributed by atoms with E-state index in [0.29, 0.717) is 6.54 Å². The number of nitriles is 1. The minimum Gasteiger partial charge on any atom is -0.355 e. The molecule has 1 unspecified atom stereocenters. The van der Waals surface area contributed by atoms with Gasteiger partial charge in [0.25, 0.3) is 0 Å². The molecule has 3 nitrogen and oxygen atoms in total. The van der Waals surface area contributed by atoms with E-state index in [4.69, 9.17) is 5.26 Å². The summed E-state index contributed by atoms with van der Waals surface area (Å²) in [7, 11) is 0. The SMILES string of the molecule is CC(=O)NCC(C#N)c1ccccc1. The van der Waals surface area contributed by atoms with Crippen LogP contribution in [0.4, 0.5) is 0 Å². The van der Waals surface area contributed by atoms with E-state index in [1.54, 1.807) is 0 Å². The summed E-state index contributed by atoms with van der Waals surface area (Å²) in [5.74, 6) is -0.374. The molecule has 0 saturated heterocycles. The smallest absolute Gasteiger partial charge is 0.216 e. The Morgan fingerprint density at radius 2 is 2.14 bits per heavy atom. The molecule has 0 radical (unpaired) electrons. The quantitative estimate of drug-likeness (QED) is 0.780. The predicted octanol–water partition coefficient (Wildman–Crippen LogP) is 1.43. The Morgan fingerprint density at radius 3 is 2.64 bits per heavy atom. The zero-order valence-electron chi connectivity index (χ0n) is 8.03. The highest BCUT2D eigenvalue weighted by molar-refractivity contribution is 5.72. The van der Waals surface area contributed by atoms with Crippen LogP contribution in [0.25, 0.3) is 0 Å². The second kappa shape index (κ2) is 5.03. The van der Waals surface area contributed by atoms with Gasteiger partial charge in [0.2, 0.25) is 5.91 Å². The maximum atomic E-state index is 10.7. The lowest BCUT2D eigenvalue weighted by molar-refractivity contribution is -0.118. The predicted molar refractivity (Wildman–Crippen MR) is 53.5 cm³/mol. The molecule has 1 rings (SSSR count). The lowest BCUT2D eigenvalue weighted by Crippen LogP contribution is -2.25. The van der Waals surface area contributed by atoms with Gasteiger partial charge in [-0.05, 0) is 5.56 Å². The Kier molecular flexibility index (Phi) is 3.69. The molecule has 0 saturated carbocycles. The molecule has 1 aromatic carbocycles. The van der Waals surface area contributed by atoms with E-state index in [1.807, 2.05) is 30.3 Å². The average molecular weight is 188 g/mol. The van der Waals surface area contributed by atoms with Gasteiger partial charge in [-0.1, -0.05) is 30.3 Å². The monoisotopic (exact) mass is 188 g/mol. The van der Waals surface area contributed by atoms with Crippen molar-refractivity contribution >= 4 is 5.91 Å². The van der Waals surface area contributed by atoms with E-state index in [-0.39, 0.29) is 11.8 Å². The Labute approximate surface area is 83.4 Å². The van der Waals surface area contributed by atoms with Crippen LogP contribution >= 0.6 is 0 Å². The molecule has 3 heteroatoms. The zero-order valence-corrected chi connectivity index (χ0v) is 8.03. The van der Waals surface area contributed by atoms with Crippen molar-refractivity contribution in [1.29, 1.82) is 5.26 Å². The van der Waals surface area contributed by atoms with Crippen molar-refractivity contribution in [1.82, 2.24) is 5.32 Å². The van der Waals surface area contributed by atoms with Crippen molar-refractivity contribution < 1.29 is 4.79 Å². The molecule has 0 aliphatic heterocycles. The summed E-state index contributed by atoms with van der Waals surface area (Å²) >= 11 is 0. The normalized spacial score (nSPS) is 11.4. The van der Waals surface area contributed by atoms with Crippen molar-refractivity contribution in [2.24, 2.45) is 0 Å².